The van der Waals surface area contributed by atoms with Crippen LogP contribution < -0.4 is 11.1 Å². The van der Waals surface area contributed by atoms with Crippen LogP contribution in [0, 0.1) is 0 Å². The fourth-order valence-corrected chi connectivity index (χ4v) is 1.13. The first-order valence-corrected chi connectivity index (χ1v) is 4.86. The van der Waals surface area contributed by atoms with Crippen LogP contribution in [0.15, 0.2) is 0 Å². The fraction of sp³-hybridized carbons (Fsp3) is 0.875. The lowest BCUT2D eigenvalue weighted by atomic mass is 9.94. The predicted octanol–water partition coefficient (Wildman–Crippen LogP) is 0.139. The molecule has 0 saturated carbocycles. The first-order valence-electron chi connectivity index (χ1n) is 4.86. The summed E-state index contributed by atoms with van der Waals surface area (Å²) in [7, 11) is 1.79. The standard InChI is InChI=1S/C8H18N6/c1-4-8(9,5-2)6-10-7-11-12-13-14(7)3/h4-6,9H2,1-3H3,(H,10,11,13). The van der Waals surface area contributed by atoms with Crippen molar-refractivity contribution in [2.24, 2.45) is 12.8 Å². The molecule has 6 heteroatoms. The molecule has 0 radical (unpaired) electrons. The number of nitrogens with one attached hydrogen (secondary N) is 1. The molecule has 1 heterocycles. The Hall–Kier alpha value is -1.17. The molecule has 3 N–H and O–H groups in total. The topological polar surface area (TPSA) is 81.7 Å². The van der Waals surface area contributed by atoms with Crippen molar-refractivity contribution in [1.82, 2.24) is 20.2 Å². The summed E-state index contributed by atoms with van der Waals surface area (Å²) in [6.45, 7) is 4.86. The monoisotopic (exact) mass is 198 g/mol. The summed E-state index contributed by atoms with van der Waals surface area (Å²) in [6, 6.07) is 0. The van der Waals surface area contributed by atoms with Gasteiger partial charge in [0.15, 0.2) is 0 Å². The molecule has 0 unspecified atom stereocenters. The largest absolute Gasteiger partial charge is 0.351 e. The Kier molecular flexibility index (Phi) is 3.40. The van der Waals surface area contributed by atoms with Crippen LogP contribution in [0.2, 0.25) is 0 Å². The van der Waals surface area contributed by atoms with Crippen molar-refractivity contribution in [3.63, 3.8) is 0 Å². The van der Waals surface area contributed by atoms with Crippen LogP contribution in [0.25, 0.3) is 0 Å². The maximum absolute atomic E-state index is 6.12. The van der Waals surface area contributed by atoms with Crippen LogP contribution in [0.3, 0.4) is 0 Å². The van der Waals surface area contributed by atoms with Gasteiger partial charge in [0.25, 0.3) is 0 Å². The Bertz CT molecular complexity index is 277. The molecule has 0 bridgehead atoms. The van der Waals surface area contributed by atoms with Crippen LogP contribution in [0.5, 0.6) is 0 Å². The lowest BCUT2D eigenvalue weighted by molar-refractivity contribution is 0.416. The second-order valence-electron chi connectivity index (χ2n) is 3.55. The molecular formula is C8H18N6. The molecule has 0 aliphatic heterocycles. The molecule has 0 atom stereocenters. The summed E-state index contributed by atoms with van der Waals surface area (Å²) in [5.41, 5.74) is 5.95. The highest BCUT2D eigenvalue weighted by atomic mass is 15.6. The Morgan fingerprint density at radius 2 is 2.07 bits per heavy atom. The van der Waals surface area contributed by atoms with Crippen molar-refractivity contribution in [2.45, 2.75) is 32.2 Å². The third-order valence-electron chi connectivity index (χ3n) is 2.63. The van der Waals surface area contributed by atoms with Gasteiger partial charge in [0, 0.05) is 19.1 Å². The van der Waals surface area contributed by atoms with E-state index >= 15 is 0 Å². The van der Waals surface area contributed by atoms with Gasteiger partial charge in [0.1, 0.15) is 0 Å². The molecule has 1 aromatic heterocycles. The quantitative estimate of drug-likeness (QED) is 0.703. The Balaban J connectivity index is 2.52. The average molecular weight is 198 g/mol. The van der Waals surface area contributed by atoms with Gasteiger partial charge in [0.2, 0.25) is 5.95 Å². The van der Waals surface area contributed by atoms with Gasteiger partial charge in [-0.25, -0.2) is 4.68 Å². The summed E-state index contributed by atoms with van der Waals surface area (Å²) in [5.74, 6) is 0.654. The van der Waals surface area contributed by atoms with E-state index < -0.39 is 0 Å². The maximum atomic E-state index is 6.12. The summed E-state index contributed by atoms with van der Waals surface area (Å²) in [4.78, 5) is 0. The van der Waals surface area contributed by atoms with Crippen molar-refractivity contribution in [2.75, 3.05) is 11.9 Å². The second-order valence-corrected chi connectivity index (χ2v) is 3.55. The van der Waals surface area contributed by atoms with Crippen LogP contribution >= 0.6 is 0 Å². The molecule has 1 rings (SSSR count). The maximum Gasteiger partial charge on any atom is 0.242 e. The summed E-state index contributed by atoms with van der Waals surface area (Å²) < 4.78 is 1.59. The number of hydrogen-bond donors (Lipinski definition) is 2. The number of nitrogens with zero attached hydrogens (tertiary/aromatic N) is 4. The van der Waals surface area contributed by atoms with Gasteiger partial charge < -0.3 is 11.1 Å². The number of anilines is 1. The molecule has 0 saturated heterocycles. The number of tetrazole rings is 1. The molecule has 0 aliphatic rings. The molecule has 14 heavy (non-hydrogen) atoms. The summed E-state index contributed by atoms with van der Waals surface area (Å²) >= 11 is 0. The minimum atomic E-state index is -0.175. The number of nitrogens with two attached hydrogens (primary N) is 1. The third-order valence-corrected chi connectivity index (χ3v) is 2.63. The fourth-order valence-electron chi connectivity index (χ4n) is 1.13. The molecule has 0 amide bonds. The van der Waals surface area contributed by atoms with Crippen molar-refractivity contribution in [3.05, 3.63) is 0 Å². The molecule has 0 aliphatic carbocycles. The Morgan fingerprint density at radius 3 is 2.50 bits per heavy atom. The van der Waals surface area contributed by atoms with Crippen LogP contribution in [0.1, 0.15) is 26.7 Å². The lowest BCUT2D eigenvalue weighted by Crippen LogP contribution is -2.45. The smallest absolute Gasteiger partial charge is 0.242 e. The van der Waals surface area contributed by atoms with E-state index in [1.807, 2.05) is 0 Å². The third kappa shape index (κ3) is 2.41. The average Bonchev–Trinajstić information content (AvgIpc) is 2.61. The van der Waals surface area contributed by atoms with Crippen molar-refractivity contribution < 1.29 is 0 Å². The Morgan fingerprint density at radius 1 is 1.43 bits per heavy atom. The highest BCUT2D eigenvalue weighted by Gasteiger charge is 2.20. The molecular weight excluding hydrogens is 180 g/mol. The van der Waals surface area contributed by atoms with E-state index in [0.717, 1.165) is 12.8 Å². The van der Waals surface area contributed by atoms with E-state index in [9.17, 15) is 0 Å². The van der Waals surface area contributed by atoms with E-state index in [1.54, 1.807) is 11.7 Å². The molecule has 0 fully saturated rings. The van der Waals surface area contributed by atoms with Gasteiger partial charge in [-0.3, -0.25) is 0 Å². The zero-order valence-corrected chi connectivity index (χ0v) is 8.99. The first kappa shape index (κ1) is 10.9. The molecule has 6 nitrogen and oxygen atoms in total. The van der Waals surface area contributed by atoms with Gasteiger partial charge in [-0.1, -0.05) is 18.9 Å². The van der Waals surface area contributed by atoms with E-state index in [1.165, 1.54) is 0 Å². The summed E-state index contributed by atoms with van der Waals surface area (Å²) in [5, 5.41) is 14.2. The van der Waals surface area contributed by atoms with Crippen molar-refractivity contribution in [1.29, 1.82) is 0 Å². The van der Waals surface area contributed by atoms with Crippen LogP contribution in [-0.4, -0.2) is 32.3 Å². The first-order chi connectivity index (χ1) is 6.61. The van der Waals surface area contributed by atoms with E-state index in [-0.39, 0.29) is 5.54 Å². The number of hydrogen-bond acceptors (Lipinski definition) is 5. The van der Waals surface area contributed by atoms with Crippen LogP contribution in [-0.2, 0) is 7.05 Å². The molecule has 0 spiro atoms. The highest BCUT2D eigenvalue weighted by molar-refractivity contribution is 5.22. The lowest BCUT2D eigenvalue weighted by Gasteiger charge is -2.26. The number of aromatic nitrogens is 4. The zero-order chi connectivity index (χ0) is 10.6. The zero-order valence-electron chi connectivity index (χ0n) is 8.99. The van der Waals surface area contributed by atoms with Crippen LogP contribution in [0.4, 0.5) is 5.95 Å². The van der Waals surface area contributed by atoms with Gasteiger partial charge >= 0.3 is 0 Å². The summed E-state index contributed by atoms with van der Waals surface area (Å²) in [6.07, 6.45) is 1.86. The van der Waals surface area contributed by atoms with Crippen molar-refractivity contribution in [3.8, 4) is 0 Å². The van der Waals surface area contributed by atoms with E-state index in [4.69, 9.17) is 5.73 Å². The number of rotatable bonds is 5. The normalized spacial score (nSPS) is 11.7. The minimum absolute atomic E-state index is 0.175. The van der Waals surface area contributed by atoms with E-state index in [2.05, 4.69) is 34.7 Å². The van der Waals surface area contributed by atoms with Crippen molar-refractivity contribution >= 4 is 5.95 Å². The second kappa shape index (κ2) is 4.36. The SMILES string of the molecule is CCC(N)(CC)CNc1nnnn1C. The minimum Gasteiger partial charge on any atom is -0.351 e. The molecule has 0 aromatic carbocycles. The van der Waals surface area contributed by atoms with Gasteiger partial charge in [0.05, 0.1) is 0 Å². The Labute approximate surface area is 83.9 Å². The van der Waals surface area contributed by atoms with Gasteiger partial charge in [-0.15, -0.1) is 0 Å². The molecule has 80 valence electrons. The highest BCUT2D eigenvalue weighted by Crippen LogP contribution is 2.11. The van der Waals surface area contributed by atoms with E-state index in [0.29, 0.717) is 12.5 Å². The molecule has 1 aromatic rings. The number of aryl methyl sites for hydroxylation is 1. The van der Waals surface area contributed by atoms with Gasteiger partial charge in [-0.2, -0.15) is 0 Å². The predicted molar refractivity (Wildman–Crippen MR) is 54.8 cm³/mol. The van der Waals surface area contributed by atoms with Gasteiger partial charge in [-0.05, 0) is 23.3 Å².